The van der Waals surface area contributed by atoms with Crippen molar-refractivity contribution in [1.29, 1.82) is 0 Å². The lowest BCUT2D eigenvalue weighted by Gasteiger charge is -2.06. The third-order valence-corrected chi connectivity index (χ3v) is 4.17. The Morgan fingerprint density at radius 1 is 0.688 bits per heavy atom. The zero-order valence-corrected chi connectivity index (χ0v) is 18.1. The molecule has 12 nitrogen and oxygen atoms in total. The van der Waals surface area contributed by atoms with Crippen LogP contribution in [0, 0.1) is 0 Å². The number of alkyl halides is 2. The van der Waals surface area contributed by atoms with Crippen LogP contribution in [0.1, 0.15) is 0 Å². The van der Waals surface area contributed by atoms with Crippen molar-refractivity contribution in [3.05, 3.63) is 36.7 Å². The maximum atomic E-state index is 11.7. The van der Waals surface area contributed by atoms with Crippen molar-refractivity contribution >= 4 is 46.4 Å². The first-order chi connectivity index (χ1) is 15.6. The molecule has 3 rings (SSSR count). The molecule has 0 saturated heterocycles. The van der Waals surface area contributed by atoms with Gasteiger partial charge < -0.3 is 10.6 Å². The normalized spacial score (nSPS) is 10.6. The third-order valence-electron chi connectivity index (χ3n) is 3.79. The second-order valence-corrected chi connectivity index (χ2v) is 6.66. The fraction of sp³-hybridized carbons (Fsp3) is 0.222. The number of hydrogen-bond acceptors (Lipinski definition) is 10. The van der Waals surface area contributed by atoms with E-state index in [0.29, 0.717) is 22.8 Å². The minimum atomic E-state index is -0.242. The molecule has 0 fully saturated rings. The third kappa shape index (κ3) is 6.85. The van der Waals surface area contributed by atoms with Gasteiger partial charge in [-0.2, -0.15) is 0 Å². The Hall–Kier alpha value is -3.32. The number of anilines is 2. The highest BCUT2D eigenvalue weighted by molar-refractivity contribution is 6.18. The highest BCUT2D eigenvalue weighted by Gasteiger charge is 2.10. The quantitative estimate of drug-likeness (QED) is 0.243. The summed E-state index contributed by atoms with van der Waals surface area (Å²) in [5.41, 5.74) is 1.90. The second kappa shape index (κ2) is 11.9. The van der Waals surface area contributed by atoms with Crippen LogP contribution in [0.15, 0.2) is 36.7 Å². The summed E-state index contributed by atoms with van der Waals surface area (Å²) in [6.07, 6.45) is 2.95. The lowest BCUT2D eigenvalue weighted by molar-refractivity contribution is -0.116. The van der Waals surface area contributed by atoms with Crippen LogP contribution in [-0.4, -0.2) is 67.3 Å². The minimum Gasteiger partial charge on any atom is -0.324 e. The van der Waals surface area contributed by atoms with E-state index in [1.54, 1.807) is 24.3 Å². The number of aromatic nitrogens is 6. The smallest absolute Gasteiger partial charge is 0.238 e. The molecule has 3 heterocycles. The van der Waals surface area contributed by atoms with Gasteiger partial charge in [0.05, 0.1) is 48.9 Å². The van der Waals surface area contributed by atoms with E-state index in [1.165, 1.54) is 12.4 Å². The van der Waals surface area contributed by atoms with Crippen LogP contribution in [-0.2, 0) is 9.59 Å². The van der Waals surface area contributed by atoms with Crippen LogP contribution in [0.3, 0.4) is 0 Å². The fourth-order valence-corrected chi connectivity index (χ4v) is 2.56. The molecule has 0 aliphatic heterocycles. The number of rotatable bonds is 10. The summed E-state index contributed by atoms with van der Waals surface area (Å²) in [4.78, 5) is 31.8. The summed E-state index contributed by atoms with van der Waals surface area (Å²) in [7, 11) is 0. The van der Waals surface area contributed by atoms with E-state index in [-0.39, 0.29) is 48.6 Å². The maximum absolute atomic E-state index is 11.7. The predicted octanol–water partition coefficient (Wildman–Crippen LogP) is 0.839. The number of nitrogens with one attached hydrogen (secondary N) is 4. The van der Waals surface area contributed by atoms with Crippen LogP contribution < -0.4 is 21.3 Å². The first-order valence-corrected chi connectivity index (χ1v) is 10.3. The van der Waals surface area contributed by atoms with E-state index in [4.69, 9.17) is 23.2 Å². The van der Waals surface area contributed by atoms with Crippen molar-refractivity contribution in [3.63, 3.8) is 0 Å². The van der Waals surface area contributed by atoms with Gasteiger partial charge in [0.15, 0.2) is 0 Å². The monoisotopic (exact) mass is 476 g/mol. The Labute approximate surface area is 192 Å². The van der Waals surface area contributed by atoms with Gasteiger partial charge in [-0.25, -0.2) is 0 Å². The summed E-state index contributed by atoms with van der Waals surface area (Å²) in [5, 5.41) is 26.9. The first-order valence-electron chi connectivity index (χ1n) is 9.22. The van der Waals surface area contributed by atoms with Gasteiger partial charge >= 0.3 is 0 Å². The Morgan fingerprint density at radius 3 is 1.41 bits per heavy atom. The van der Waals surface area contributed by atoms with E-state index in [2.05, 4.69) is 51.6 Å². The second-order valence-electron chi connectivity index (χ2n) is 6.13. The van der Waals surface area contributed by atoms with Gasteiger partial charge in [-0.3, -0.25) is 30.2 Å². The Bertz CT molecular complexity index is 949. The standard InChI is InChI=1S/C18H18Cl2N10O2/c19-9-21-7-15(31)25-11-1-3-13(23-5-11)17-27-29-18(30-28-17)14-4-2-12(6-24-14)26-16(32)8-22-10-20/h1-6,21-22H,7-10H2,(H,25,31)(H,26,32). The highest BCUT2D eigenvalue weighted by Crippen LogP contribution is 2.16. The van der Waals surface area contributed by atoms with Gasteiger partial charge in [-0.1, -0.05) is 0 Å². The summed E-state index contributed by atoms with van der Waals surface area (Å²) in [5.74, 6) is -0.0551. The number of nitrogens with zero attached hydrogens (tertiary/aromatic N) is 6. The molecule has 0 bridgehead atoms. The molecule has 0 aliphatic rings. The SMILES string of the molecule is O=C(CNCCl)Nc1ccc(-c2nnc(-c3ccc(NC(=O)CNCCl)cn3)nn2)nc1. The van der Waals surface area contributed by atoms with Crippen molar-refractivity contribution in [2.75, 3.05) is 35.7 Å². The van der Waals surface area contributed by atoms with Gasteiger partial charge in [0.1, 0.15) is 11.4 Å². The zero-order valence-electron chi connectivity index (χ0n) is 16.5. The van der Waals surface area contributed by atoms with Gasteiger partial charge in [0.25, 0.3) is 0 Å². The maximum Gasteiger partial charge on any atom is 0.238 e. The summed E-state index contributed by atoms with van der Waals surface area (Å²) < 4.78 is 0. The predicted molar refractivity (Wildman–Crippen MR) is 119 cm³/mol. The molecular weight excluding hydrogens is 459 g/mol. The van der Waals surface area contributed by atoms with Crippen LogP contribution in [0.5, 0.6) is 0 Å². The van der Waals surface area contributed by atoms with Crippen molar-refractivity contribution in [2.24, 2.45) is 0 Å². The molecule has 0 atom stereocenters. The number of hydrogen-bond donors (Lipinski definition) is 4. The fourth-order valence-electron chi connectivity index (χ4n) is 2.37. The average Bonchev–Trinajstić information content (AvgIpc) is 2.82. The summed E-state index contributed by atoms with van der Waals surface area (Å²) in [6.45, 7) is 0.187. The van der Waals surface area contributed by atoms with Crippen molar-refractivity contribution in [1.82, 2.24) is 41.0 Å². The Morgan fingerprint density at radius 2 is 1.09 bits per heavy atom. The van der Waals surface area contributed by atoms with Crippen molar-refractivity contribution in [2.45, 2.75) is 0 Å². The largest absolute Gasteiger partial charge is 0.324 e. The van der Waals surface area contributed by atoms with E-state index in [9.17, 15) is 9.59 Å². The molecule has 3 aromatic heterocycles. The molecule has 0 aliphatic carbocycles. The number of carbonyl (C=O) groups excluding carboxylic acids is 2. The lowest BCUT2D eigenvalue weighted by Crippen LogP contribution is -2.27. The Balaban J connectivity index is 1.61. The minimum absolute atomic E-state index is 0.0935. The summed E-state index contributed by atoms with van der Waals surface area (Å²) >= 11 is 10.9. The molecule has 0 aromatic carbocycles. The first kappa shape index (κ1) is 23.3. The Kier molecular flexibility index (Phi) is 8.69. The topological polar surface area (TPSA) is 160 Å². The zero-order chi connectivity index (χ0) is 22.8. The molecule has 0 radical (unpaired) electrons. The molecular formula is C18H18Cl2N10O2. The molecule has 0 saturated carbocycles. The van der Waals surface area contributed by atoms with E-state index in [1.807, 2.05) is 0 Å². The van der Waals surface area contributed by atoms with E-state index < -0.39 is 0 Å². The van der Waals surface area contributed by atoms with Crippen LogP contribution in [0.25, 0.3) is 23.0 Å². The molecule has 32 heavy (non-hydrogen) atoms. The molecule has 4 N–H and O–H groups in total. The van der Waals surface area contributed by atoms with Gasteiger partial charge in [-0.05, 0) is 24.3 Å². The van der Waals surface area contributed by atoms with Crippen molar-refractivity contribution in [3.8, 4) is 23.0 Å². The average molecular weight is 477 g/mol. The van der Waals surface area contributed by atoms with Crippen LogP contribution >= 0.6 is 23.2 Å². The highest BCUT2D eigenvalue weighted by atomic mass is 35.5. The number of pyridine rings is 2. The van der Waals surface area contributed by atoms with E-state index >= 15 is 0 Å². The molecule has 166 valence electrons. The van der Waals surface area contributed by atoms with Crippen LogP contribution in [0.4, 0.5) is 11.4 Å². The van der Waals surface area contributed by atoms with Gasteiger partial charge in [0, 0.05) is 0 Å². The van der Waals surface area contributed by atoms with Crippen LogP contribution in [0.2, 0.25) is 0 Å². The molecule has 3 aromatic rings. The van der Waals surface area contributed by atoms with E-state index in [0.717, 1.165) is 0 Å². The lowest BCUT2D eigenvalue weighted by atomic mass is 10.3. The number of amides is 2. The molecule has 0 spiro atoms. The summed E-state index contributed by atoms with van der Waals surface area (Å²) in [6, 6.07) is 6.96. The van der Waals surface area contributed by atoms with Crippen molar-refractivity contribution < 1.29 is 9.59 Å². The molecule has 14 heteroatoms. The molecule has 0 unspecified atom stereocenters. The van der Waals surface area contributed by atoms with Gasteiger partial charge in [-0.15, -0.1) is 43.6 Å². The number of halogens is 2. The number of carbonyl (C=O) groups is 2. The van der Waals surface area contributed by atoms with Gasteiger partial charge in [0.2, 0.25) is 23.5 Å². The molecule has 2 amide bonds.